The number of hydrogen-bond acceptors (Lipinski definition) is 4. The molecule has 6 heteroatoms. The van der Waals surface area contributed by atoms with Gasteiger partial charge in [0.2, 0.25) is 0 Å². The van der Waals surface area contributed by atoms with Crippen LogP contribution in [0.3, 0.4) is 0 Å². The van der Waals surface area contributed by atoms with Gasteiger partial charge in [-0.3, -0.25) is 14.0 Å². The Hall–Kier alpha value is -2.63. The smallest absolute Gasteiger partial charge is 0.281 e. The Bertz CT molecular complexity index is 934. The van der Waals surface area contributed by atoms with E-state index in [0.29, 0.717) is 11.0 Å². The minimum absolute atomic E-state index is 0.0328. The van der Waals surface area contributed by atoms with Crippen molar-refractivity contribution in [3.63, 3.8) is 0 Å². The van der Waals surface area contributed by atoms with E-state index in [1.54, 1.807) is 21.8 Å². The molecule has 0 spiro atoms. The predicted molar refractivity (Wildman–Crippen MR) is 94.4 cm³/mol. The lowest BCUT2D eigenvalue weighted by atomic mass is 10.0. The standard InChI is InChI=1S/C18H21N5O/c1-13-4-3-5-15(10-13)22-8-6-14(7-9-22)23-12-19-16-11-21(2)20-17(16)18(23)24/h3-5,10-12,14H,6-9H2,1-2H3. The Morgan fingerprint density at radius 1 is 1.21 bits per heavy atom. The van der Waals surface area contributed by atoms with Crippen LogP contribution in [-0.2, 0) is 7.05 Å². The van der Waals surface area contributed by atoms with Crippen LogP contribution in [0.5, 0.6) is 0 Å². The number of anilines is 1. The normalized spacial score (nSPS) is 16.0. The Labute approximate surface area is 140 Å². The summed E-state index contributed by atoms with van der Waals surface area (Å²) in [7, 11) is 1.81. The molecule has 24 heavy (non-hydrogen) atoms. The van der Waals surface area contributed by atoms with Crippen LogP contribution < -0.4 is 10.5 Å². The number of nitrogens with zero attached hydrogens (tertiary/aromatic N) is 5. The van der Waals surface area contributed by atoms with Gasteiger partial charge in [0.15, 0.2) is 5.52 Å². The van der Waals surface area contributed by atoms with E-state index in [1.807, 2.05) is 7.05 Å². The highest BCUT2D eigenvalue weighted by atomic mass is 16.1. The molecule has 0 unspecified atom stereocenters. The Kier molecular flexibility index (Phi) is 3.59. The van der Waals surface area contributed by atoms with Gasteiger partial charge in [-0.1, -0.05) is 12.1 Å². The van der Waals surface area contributed by atoms with Gasteiger partial charge in [-0.2, -0.15) is 5.10 Å². The first-order valence-corrected chi connectivity index (χ1v) is 8.34. The molecule has 1 saturated heterocycles. The van der Waals surface area contributed by atoms with E-state index in [-0.39, 0.29) is 11.6 Å². The molecule has 2 aromatic heterocycles. The monoisotopic (exact) mass is 323 g/mol. The first-order chi connectivity index (χ1) is 11.6. The highest BCUT2D eigenvalue weighted by Crippen LogP contribution is 2.26. The van der Waals surface area contributed by atoms with Gasteiger partial charge in [0, 0.05) is 31.9 Å². The maximum absolute atomic E-state index is 12.7. The molecule has 1 aliphatic heterocycles. The molecule has 1 aliphatic rings. The zero-order chi connectivity index (χ0) is 16.7. The number of piperidine rings is 1. The maximum Gasteiger partial charge on any atom is 0.281 e. The van der Waals surface area contributed by atoms with Crippen LogP contribution in [0.25, 0.3) is 11.0 Å². The van der Waals surface area contributed by atoms with E-state index in [4.69, 9.17) is 0 Å². The largest absolute Gasteiger partial charge is 0.371 e. The first kappa shape index (κ1) is 14.9. The lowest BCUT2D eigenvalue weighted by Crippen LogP contribution is -2.37. The average Bonchev–Trinajstić information content (AvgIpc) is 2.97. The van der Waals surface area contributed by atoms with Crippen LogP contribution in [0, 0.1) is 6.92 Å². The third-order valence-electron chi connectivity index (χ3n) is 4.79. The van der Waals surface area contributed by atoms with Crippen molar-refractivity contribution in [1.29, 1.82) is 0 Å². The quantitative estimate of drug-likeness (QED) is 0.726. The Morgan fingerprint density at radius 3 is 2.75 bits per heavy atom. The summed E-state index contributed by atoms with van der Waals surface area (Å²) < 4.78 is 3.41. The number of hydrogen-bond donors (Lipinski definition) is 0. The highest BCUT2D eigenvalue weighted by molar-refractivity contribution is 5.71. The third-order valence-corrected chi connectivity index (χ3v) is 4.79. The zero-order valence-corrected chi connectivity index (χ0v) is 14.0. The summed E-state index contributed by atoms with van der Waals surface area (Å²) in [5.74, 6) is 0. The molecule has 0 radical (unpaired) electrons. The van der Waals surface area contributed by atoms with Crippen LogP contribution in [0.2, 0.25) is 0 Å². The van der Waals surface area contributed by atoms with E-state index in [2.05, 4.69) is 46.2 Å². The summed E-state index contributed by atoms with van der Waals surface area (Å²) >= 11 is 0. The SMILES string of the molecule is Cc1cccc(N2CCC(n3cnc4cn(C)nc4c3=O)CC2)c1. The number of rotatable bonds is 2. The van der Waals surface area contributed by atoms with E-state index in [1.165, 1.54) is 11.3 Å². The molecule has 1 aromatic carbocycles. The topological polar surface area (TPSA) is 56.0 Å². The number of aryl methyl sites for hydroxylation is 2. The summed E-state index contributed by atoms with van der Waals surface area (Å²) in [5.41, 5.74) is 3.63. The molecule has 4 rings (SSSR count). The second-order valence-electron chi connectivity index (χ2n) is 6.55. The molecule has 124 valence electrons. The molecule has 0 amide bonds. The summed E-state index contributed by atoms with van der Waals surface area (Å²) in [6.07, 6.45) is 5.34. The van der Waals surface area contributed by atoms with Crippen molar-refractivity contribution in [3.05, 3.63) is 52.7 Å². The van der Waals surface area contributed by atoms with Crippen LogP contribution in [0.4, 0.5) is 5.69 Å². The molecule has 0 bridgehead atoms. The van der Waals surface area contributed by atoms with Crippen molar-refractivity contribution >= 4 is 16.7 Å². The van der Waals surface area contributed by atoms with Gasteiger partial charge in [0.1, 0.15) is 5.52 Å². The lowest BCUT2D eigenvalue weighted by molar-refractivity contribution is 0.385. The molecular weight excluding hydrogens is 302 g/mol. The molecule has 0 atom stereocenters. The van der Waals surface area contributed by atoms with E-state index >= 15 is 0 Å². The molecule has 1 fully saturated rings. The zero-order valence-electron chi connectivity index (χ0n) is 14.0. The molecule has 0 saturated carbocycles. The van der Waals surface area contributed by atoms with Crippen LogP contribution in [-0.4, -0.2) is 32.4 Å². The van der Waals surface area contributed by atoms with E-state index < -0.39 is 0 Å². The predicted octanol–water partition coefficient (Wildman–Crippen LogP) is 2.28. The van der Waals surface area contributed by atoms with Crippen molar-refractivity contribution in [3.8, 4) is 0 Å². The minimum atomic E-state index is -0.0328. The number of aromatic nitrogens is 4. The Balaban J connectivity index is 1.56. The maximum atomic E-state index is 12.7. The molecule has 6 nitrogen and oxygen atoms in total. The minimum Gasteiger partial charge on any atom is -0.371 e. The second-order valence-corrected chi connectivity index (χ2v) is 6.55. The third kappa shape index (κ3) is 2.58. The van der Waals surface area contributed by atoms with Crippen molar-refractivity contribution in [2.75, 3.05) is 18.0 Å². The van der Waals surface area contributed by atoms with Crippen molar-refractivity contribution < 1.29 is 0 Å². The van der Waals surface area contributed by atoms with Gasteiger partial charge in [-0.15, -0.1) is 0 Å². The Morgan fingerprint density at radius 2 is 2.00 bits per heavy atom. The number of benzene rings is 1. The van der Waals surface area contributed by atoms with Gasteiger partial charge in [-0.05, 0) is 37.5 Å². The van der Waals surface area contributed by atoms with Crippen molar-refractivity contribution in [2.45, 2.75) is 25.8 Å². The van der Waals surface area contributed by atoms with E-state index in [9.17, 15) is 4.79 Å². The lowest BCUT2D eigenvalue weighted by Gasteiger charge is -2.34. The van der Waals surface area contributed by atoms with Crippen LogP contribution in [0.1, 0.15) is 24.4 Å². The fourth-order valence-corrected chi connectivity index (χ4v) is 3.51. The van der Waals surface area contributed by atoms with E-state index in [0.717, 1.165) is 25.9 Å². The summed E-state index contributed by atoms with van der Waals surface area (Å²) in [6, 6.07) is 8.77. The van der Waals surface area contributed by atoms with Crippen molar-refractivity contribution in [1.82, 2.24) is 19.3 Å². The molecule has 3 heterocycles. The second kappa shape index (κ2) is 5.78. The average molecular weight is 323 g/mol. The van der Waals surface area contributed by atoms with Gasteiger partial charge in [0.25, 0.3) is 5.56 Å². The summed E-state index contributed by atoms with van der Waals surface area (Å²) in [4.78, 5) is 19.5. The first-order valence-electron chi connectivity index (χ1n) is 8.34. The van der Waals surface area contributed by atoms with Gasteiger partial charge >= 0.3 is 0 Å². The van der Waals surface area contributed by atoms with Gasteiger partial charge < -0.3 is 4.90 Å². The van der Waals surface area contributed by atoms with Gasteiger partial charge in [0.05, 0.1) is 12.5 Å². The fourth-order valence-electron chi connectivity index (χ4n) is 3.51. The molecular formula is C18H21N5O. The van der Waals surface area contributed by atoms with Crippen LogP contribution in [0.15, 0.2) is 41.6 Å². The molecule has 0 aliphatic carbocycles. The number of fused-ring (bicyclic) bond motifs is 1. The molecule has 0 N–H and O–H groups in total. The fraction of sp³-hybridized carbons (Fsp3) is 0.389. The summed E-state index contributed by atoms with van der Waals surface area (Å²) in [6.45, 7) is 4.01. The molecule has 3 aromatic rings. The van der Waals surface area contributed by atoms with Crippen molar-refractivity contribution in [2.24, 2.45) is 7.05 Å². The van der Waals surface area contributed by atoms with Gasteiger partial charge in [-0.25, -0.2) is 4.98 Å². The van der Waals surface area contributed by atoms with Crippen LogP contribution >= 0.6 is 0 Å². The summed E-state index contributed by atoms with van der Waals surface area (Å²) in [5, 5.41) is 4.25. The highest BCUT2D eigenvalue weighted by Gasteiger charge is 2.22.